The van der Waals surface area contributed by atoms with Crippen molar-refractivity contribution in [1.29, 1.82) is 0 Å². The van der Waals surface area contributed by atoms with E-state index in [1.165, 1.54) is 0 Å². The number of ether oxygens (including phenoxy) is 1. The molecule has 0 saturated carbocycles. The van der Waals surface area contributed by atoms with Crippen LogP contribution in [0.4, 0.5) is 0 Å². The summed E-state index contributed by atoms with van der Waals surface area (Å²) in [6, 6.07) is 0. The molecule has 0 bridgehead atoms. The molecule has 15 heavy (non-hydrogen) atoms. The molecule has 1 aliphatic heterocycles. The van der Waals surface area contributed by atoms with E-state index in [4.69, 9.17) is 10.5 Å². The molecule has 0 aromatic carbocycles. The lowest BCUT2D eigenvalue weighted by Crippen LogP contribution is -2.53. The molecule has 1 heterocycles. The fourth-order valence-corrected chi connectivity index (χ4v) is 1.69. The van der Waals surface area contributed by atoms with E-state index in [1.807, 2.05) is 0 Å². The van der Waals surface area contributed by atoms with E-state index in [1.54, 1.807) is 0 Å². The third-order valence-electron chi connectivity index (χ3n) is 3.35. The lowest BCUT2D eigenvalue weighted by molar-refractivity contribution is -0.0437. The largest absolute Gasteiger partial charge is 0.374 e. The lowest BCUT2D eigenvalue weighted by atomic mass is 10.0. The number of morpholine rings is 1. The molecule has 0 aliphatic carbocycles. The Morgan fingerprint density at radius 1 is 1.53 bits per heavy atom. The highest BCUT2D eigenvalue weighted by atomic mass is 16.5. The zero-order valence-electron chi connectivity index (χ0n) is 10.5. The smallest absolute Gasteiger partial charge is 0.0829 e. The van der Waals surface area contributed by atoms with Crippen LogP contribution in [-0.4, -0.2) is 68.3 Å². The average molecular weight is 215 g/mol. The fraction of sp³-hybridized carbons (Fsp3) is 1.00. The highest BCUT2D eigenvalue weighted by molar-refractivity contribution is 4.83. The maximum Gasteiger partial charge on any atom is 0.0829 e. The number of hydrogen-bond donors (Lipinski definition) is 1. The van der Waals surface area contributed by atoms with Crippen molar-refractivity contribution in [2.75, 3.05) is 46.9 Å². The Morgan fingerprint density at radius 2 is 2.20 bits per heavy atom. The van der Waals surface area contributed by atoms with Gasteiger partial charge in [0, 0.05) is 31.7 Å². The van der Waals surface area contributed by atoms with Crippen molar-refractivity contribution < 1.29 is 4.74 Å². The topological polar surface area (TPSA) is 41.7 Å². The average Bonchev–Trinajstić information content (AvgIpc) is 2.17. The van der Waals surface area contributed by atoms with Gasteiger partial charge < -0.3 is 15.4 Å². The van der Waals surface area contributed by atoms with Gasteiger partial charge in [-0.05, 0) is 27.9 Å². The summed E-state index contributed by atoms with van der Waals surface area (Å²) in [4.78, 5) is 4.61. The molecule has 2 N–H and O–H groups in total. The van der Waals surface area contributed by atoms with Gasteiger partial charge in [-0.25, -0.2) is 0 Å². The van der Waals surface area contributed by atoms with E-state index in [9.17, 15) is 0 Å². The highest BCUT2D eigenvalue weighted by Gasteiger charge is 2.26. The Balaban J connectivity index is 2.40. The Kier molecular flexibility index (Phi) is 4.52. The van der Waals surface area contributed by atoms with Gasteiger partial charge in [-0.3, -0.25) is 4.90 Å². The third-order valence-corrected chi connectivity index (χ3v) is 3.35. The van der Waals surface area contributed by atoms with Crippen LogP contribution in [0.2, 0.25) is 0 Å². The summed E-state index contributed by atoms with van der Waals surface area (Å²) in [6.45, 7) is 8.86. The maximum absolute atomic E-state index is 5.75. The first-order valence-corrected chi connectivity index (χ1v) is 5.67. The lowest BCUT2D eigenvalue weighted by Gasteiger charge is -2.39. The van der Waals surface area contributed by atoms with Crippen molar-refractivity contribution in [2.24, 2.45) is 5.73 Å². The molecule has 1 fully saturated rings. The molecule has 4 nitrogen and oxygen atoms in total. The van der Waals surface area contributed by atoms with Gasteiger partial charge in [0.15, 0.2) is 0 Å². The summed E-state index contributed by atoms with van der Waals surface area (Å²) >= 11 is 0. The van der Waals surface area contributed by atoms with Crippen LogP contribution in [0.3, 0.4) is 0 Å². The SMILES string of the molecule is CN1CCOC(CN(C)C(C)(C)CN)C1. The Morgan fingerprint density at radius 3 is 2.73 bits per heavy atom. The molecule has 0 radical (unpaired) electrons. The monoisotopic (exact) mass is 215 g/mol. The van der Waals surface area contributed by atoms with Crippen molar-refractivity contribution in [3.8, 4) is 0 Å². The summed E-state index contributed by atoms with van der Waals surface area (Å²) in [5, 5.41) is 0. The standard InChI is InChI=1S/C11H25N3O/c1-11(2,9-12)14(4)8-10-7-13(3)5-6-15-10/h10H,5-9,12H2,1-4H3. The Hall–Kier alpha value is -0.160. The second kappa shape index (κ2) is 5.25. The van der Waals surface area contributed by atoms with Crippen molar-refractivity contribution in [3.63, 3.8) is 0 Å². The molecule has 4 heteroatoms. The van der Waals surface area contributed by atoms with Crippen molar-refractivity contribution in [2.45, 2.75) is 25.5 Å². The van der Waals surface area contributed by atoms with Crippen molar-refractivity contribution >= 4 is 0 Å². The minimum Gasteiger partial charge on any atom is -0.374 e. The third kappa shape index (κ3) is 3.72. The maximum atomic E-state index is 5.75. The summed E-state index contributed by atoms with van der Waals surface area (Å²) in [6.07, 6.45) is 0.319. The van der Waals surface area contributed by atoms with E-state index < -0.39 is 0 Å². The minimum absolute atomic E-state index is 0.0549. The van der Waals surface area contributed by atoms with Crippen LogP contribution in [0.5, 0.6) is 0 Å². The Bertz CT molecular complexity index is 196. The van der Waals surface area contributed by atoms with Gasteiger partial charge in [0.25, 0.3) is 0 Å². The molecule has 0 aromatic rings. The molecular weight excluding hydrogens is 190 g/mol. The molecule has 1 rings (SSSR count). The van der Waals surface area contributed by atoms with Crippen LogP contribution < -0.4 is 5.73 Å². The minimum atomic E-state index is 0.0549. The van der Waals surface area contributed by atoms with Gasteiger partial charge in [0.1, 0.15) is 0 Å². The number of nitrogens with two attached hydrogens (primary N) is 1. The molecule has 0 amide bonds. The first-order valence-electron chi connectivity index (χ1n) is 5.67. The van der Waals surface area contributed by atoms with Crippen LogP contribution in [0.25, 0.3) is 0 Å². The van der Waals surface area contributed by atoms with Crippen LogP contribution in [0.15, 0.2) is 0 Å². The molecule has 1 atom stereocenters. The Labute approximate surface area is 93.4 Å². The molecule has 1 aliphatic rings. The number of hydrogen-bond acceptors (Lipinski definition) is 4. The second-order valence-corrected chi connectivity index (χ2v) is 5.15. The van der Waals surface area contributed by atoms with Crippen molar-refractivity contribution in [3.05, 3.63) is 0 Å². The van der Waals surface area contributed by atoms with Gasteiger partial charge in [-0.2, -0.15) is 0 Å². The van der Waals surface area contributed by atoms with Gasteiger partial charge in [-0.15, -0.1) is 0 Å². The molecular formula is C11H25N3O. The molecule has 1 saturated heterocycles. The second-order valence-electron chi connectivity index (χ2n) is 5.15. The molecule has 0 aromatic heterocycles. The van der Waals surface area contributed by atoms with Crippen LogP contribution in [0, 0.1) is 0 Å². The van der Waals surface area contributed by atoms with E-state index >= 15 is 0 Å². The van der Waals surface area contributed by atoms with E-state index in [0.717, 1.165) is 26.2 Å². The van der Waals surface area contributed by atoms with Crippen LogP contribution in [0.1, 0.15) is 13.8 Å². The summed E-state index contributed by atoms with van der Waals surface area (Å²) in [5.41, 5.74) is 5.80. The fourth-order valence-electron chi connectivity index (χ4n) is 1.69. The highest BCUT2D eigenvalue weighted by Crippen LogP contribution is 2.13. The summed E-state index contributed by atoms with van der Waals surface area (Å²) < 4.78 is 5.73. The first kappa shape index (κ1) is 12.9. The summed E-state index contributed by atoms with van der Waals surface area (Å²) in [7, 11) is 4.26. The normalized spacial score (nSPS) is 24.8. The van der Waals surface area contributed by atoms with Gasteiger partial charge in [-0.1, -0.05) is 0 Å². The quantitative estimate of drug-likeness (QED) is 0.716. The van der Waals surface area contributed by atoms with Gasteiger partial charge in [0.2, 0.25) is 0 Å². The number of nitrogens with zero attached hydrogens (tertiary/aromatic N) is 2. The van der Waals surface area contributed by atoms with Gasteiger partial charge in [0.05, 0.1) is 12.7 Å². The zero-order chi connectivity index (χ0) is 11.5. The van der Waals surface area contributed by atoms with Crippen LogP contribution >= 0.6 is 0 Å². The van der Waals surface area contributed by atoms with E-state index in [0.29, 0.717) is 12.6 Å². The van der Waals surface area contributed by atoms with Crippen molar-refractivity contribution in [1.82, 2.24) is 9.80 Å². The molecule has 0 spiro atoms. The molecule has 90 valence electrons. The van der Waals surface area contributed by atoms with Gasteiger partial charge >= 0.3 is 0 Å². The van der Waals surface area contributed by atoms with E-state index in [2.05, 4.69) is 37.7 Å². The number of rotatable bonds is 4. The first-order chi connectivity index (χ1) is 6.95. The predicted molar refractivity (Wildman–Crippen MR) is 63.0 cm³/mol. The molecule has 1 unspecified atom stereocenters. The summed E-state index contributed by atoms with van der Waals surface area (Å²) in [5.74, 6) is 0. The predicted octanol–water partition coefficient (Wildman–Crippen LogP) is -0.0139. The number of likely N-dealkylation sites (N-methyl/N-ethyl adjacent to an activating group) is 2. The van der Waals surface area contributed by atoms with Crippen LogP contribution in [-0.2, 0) is 4.74 Å². The van der Waals surface area contributed by atoms with E-state index in [-0.39, 0.29) is 5.54 Å². The zero-order valence-corrected chi connectivity index (χ0v) is 10.5.